The smallest absolute Gasteiger partial charge is 0.00341 e. The SMILES string of the molecule is CCCCN1CC(CN)C1. The largest absolute Gasteiger partial charge is 0.330 e. The predicted molar refractivity (Wildman–Crippen MR) is 43.9 cm³/mol. The number of hydrogen-bond donors (Lipinski definition) is 1. The van der Waals surface area contributed by atoms with Crippen LogP contribution in [0.1, 0.15) is 19.8 Å². The molecule has 0 aromatic heterocycles. The molecule has 1 rings (SSSR count). The molecule has 60 valence electrons. The first-order chi connectivity index (χ1) is 4.86. The average molecular weight is 142 g/mol. The lowest BCUT2D eigenvalue weighted by Gasteiger charge is -2.38. The maximum absolute atomic E-state index is 5.50. The summed E-state index contributed by atoms with van der Waals surface area (Å²) in [6.45, 7) is 6.89. The van der Waals surface area contributed by atoms with Crippen molar-refractivity contribution in [3.63, 3.8) is 0 Å². The minimum absolute atomic E-state index is 0.803. The van der Waals surface area contributed by atoms with Gasteiger partial charge in [-0.1, -0.05) is 13.3 Å². The molecular formula is C8H18N2. The van der Waals surface area contributed by atoms with Gasteiger partial charge in [-0.15, -0.1) is 0 Å². The lowest BCUT2D eigenvalue weighted by atomic mass is 10.0. The number of nitrogens with two attached hydrogens (primary N) is 1. The molecule has 0 atom stereocenters. The minimum Gasteiger partial charge on any atom is -0.330 e. The van der Waals surface area contributed by atoms with Crippen molar-refractivity contribution in [2.75, 3.05) is 26.2 Å². The summed E-state index contributed by atoms with van der Waals surface area (Å²) in [4.78, 5) is 2.49. The van der Waals surface area contributed by atoms with Gasteiger partial charge in [0.05, 0.1) is 0 Å². The molecule has 0 amide bonds. The van der Waals surface area contributed by atoms with Crippen LogP contribution in [0.2, 0.25) is 0 Å². The molecule has 2 heteroatoms. The Morgan fingerprint density at radius 3 is 2.70 bits per heavy atom. The number of hydrogen-bond acceptors (Lipinski definition) is 2. The molecule has 0 aliphatic carbocycles. The van der Waals surface area contributed by atoms with Crippen LogP contribution < -0.4 is 5.73 Å². The van der Waals surface area contributed by atoms with Gasteiger partial charge in [-0.3, -0.25) is 0 Å². The lowest BCUT2D eigenvalue weighted by Crippen LogP contribution is -2.49. The summed E-state index contributed by atoms with van der Waals surface area (Å²) in [6.07, 6.45) is 2.65. The van der Waals surface area contributed by atoms with E-state index < -0.39 is 0 Å². The molecule has 2 N–H and O–H groups in total. The minimum atomic E-state index is 0.803. The van der Waals surface area contributed by atoms with E-state index in [2.05, 4.69) is 11.8 Å². The van der Waals surface area contributed by atoms with E-state index in [0.717, 1.165) is 12.5 Å². The summed E-state index contributed by atoms with van der Waals surface area (Å²) in [5.74, 6) is 0.803. The van der Waals surface area contributed by atoms with Gasteiger partial charge in [-0.05, 0) is 25.4 Å². The second-order valence-corrected chi connectivity index (χ2v) is 3.21. The van der Waals surface area contributed by atoms with Crippen molar-refractivity contribution in [3.8, 4) is 0 Å². The molecule has 1 aliphatic heterocycles. The Balaban J connectivity index is 1.93. The zero-order valence-electron chi connectivity index (χ0n) is 6.84. The van der Waals surface area contributed by atoms with Gasteiger partial charge < -0.3 is 10.6 Å². The number of likely N-dealkylation sites (tertiary alicyclic amines) is 1. The van der Waals surface area contributed by atoms with Crippen molar-refractivity contribution >= 4 is 0 Å². The van der Waals surface area contributed by atoms with Gasteiger partial charge in [-0.2, -0.15) is 0 Å². The molecule has 1 aliphatic rings. The highest BCUT2D eigenvalue weighted by molar-refractivity contribution is 4.79. The lowest BCUT2D eigenvalue weighted by molar-refractivity contribution is 0.104. The van der Waals surface area contributed by atoms with Gasteiger partial charge in [0.2, 0.25) is 0 Å². The van der Waals surface area contributed by atoms with Crippen LogP contribution in [0.5, 0.6) is 0 Å². The second-order valence-electron chi connectivity index (χ2n) is 3.21. The first-order valence-electron chi connectivity index (χ1n) is 4.29. The van der Waals surface area contributed by atoms with Crippen LogP contribution in [0.25, 0.3) is 0 Å². The van der Waals surface area contributed by atoms with E-state index in [4.69, 9.17) is 5.73 Å². The molecule has 0 saturated carbocycles. The van der Waals surface area contributed by atoms with Crippen molar-refractivity contribution in [3.05, 3.63) is 0 Å². The molecule has 2 nitrogen and oxygen atoms in total. The van der Waals surface area contributed by atoms with Crippen molar-refractivity contribution in [2.24, 2.45) is 11.7 Å². The van der Waals surface area contributed by atoms with Crippen molar-refractivity contribution in [1.82, 2.24) is 4.90 Å². The topological polar surface area (TPSA) is 29.3 Å². The number of nitrogens with zero attached hydrogens (tertiary/aromatic N) is 1. The molecule has 0 spiro atoms. The van der Waals surface area contributed by atoms with E-state index in [9.17, 15) is 0 Å². The molecule has 1 saturated heterocycles. The van der Waals surface area contributed by atoms with Crippen LogP contribution in [-0.2, 0) is 0 Å². The molecule has 0 aromatic rings. The summed E-state index contributed by atoms with van der Waals surface area (Å²) in [5.41, 5.74) is 5.50. The van der Waals surface area contributed by atoms with Crippen LogP contribution in [0.4, 0.5) is 0 Å². The Bertz CT molecular complexity index is 84.5. The summed E-state index contributed by atoms with van der Waals surface area (Å²) in [5, 5.41) is 0. The highest BCUT2D eigenvalue weighted by Crippen LogP contribution is 2.13. The Morgan fingerprint density at radius 1 is 1.50 bits per heavy atom. The van der Waals surface area contributed by atoms with Gasteiger partial charge >= 0.3 is 0 Å². The van der Waals surface area contributed by atoms with E-state index in [1.54, 1.807) is 0 Å². The second kappa shape index (κ2) is 3.94. The quantitative estimate of drug-likeness (QED) is 0.625. The van der Waals surface area contributed by atoms with Gasteiger partial charge in [0.25, 0.3) is 0 Å². The number of unbranched alkanes of at least 4 members (excludes halogenated alkanes) is 1. The molecule has 0 radical (unpaired) electrons. The van der Waals surface area contributed by atoms with Crippen molar-refractivity contribution < 1.29 is 0 Å². The number of rotatable bonds is 4. The van der Waals surface area contributed by atoms with Crippen molar-refractivity contribution in [2.45, 2.75) is 19.8 Å². The molecule has 1 fully saturated rings. The maximum Gasteiger partial charge on any atom is 0.00341 e. The third-order valence-corrected chi connectivity index (χ3v) is 2.19. The fraction of sp³-hybridized carbons (Fsp3) is 1.00. The monoisotopic (exact) mass is 142 g/mol. The van der Waals surface area contributed by atoms with Crippen molar-refractivity contribution in [1.29, 1.82) is 0 Å². The Kier molecular flexibility index (Phi) is 3.16. The molecule has 0 aromatic carbocycles. The van der Waals surface area contributed by atoms with E-state index in [1.807, 2.05) is 0 Å². The third kappa shape index (κ3) is 1.96. The van der Waals surface area contributed by atoms with Crippen LogP contribution in [0, 0.1) is 5.92 Å². The molecule has 0 bridgehead atoms. The molecule has 10 heavy (non-hydrogen) atoms. The van der Waals surface area contributed by atoms with Gasteiger partial charge in [-0.25, -0.2) is 0 Å². The van der Waals surface area contributed by atoms with E-state index >= 15 is 0 Å². The first kappa shape index (κ1) is 8.02. The van der Waals surface area contributed by atoms with E-state index in [1.165, 1.54) is 32.5 Å². The standard InChI is InChI=1S/C8H18N2/c1-2-3-4-10-6-8(5-9)7-10/h8H,2-7,9H2,1H3. The highest BCUT2D eigenvalue weighted by Gasteiger charge is 2.23. The van der Waals surface area contributed by atoms with Gasteiger partial charge in [0.1, 0.15) is 0 Å². The van der Waals surface area contributed by atoms with Crippen LogP contribution in [-0.4, -0.2) is 31.1 Å². The summed E-state index contributed by atoms with van der Waals surface area (Å²) in [6, 6.07) is 0. The fourth-order valence-electron chi connectivity index (χ4n) is 1.39. The van der Waals surface area contributed by atoms with Gasteiger partial charge in [0.15, 0.2) is 0 Å². The zero-order valence-corrected chi connectivity index (χ0v) is 6.84. The summed E-state index contributed by atoms with van der Waals surface area (Å²) >= 11 is 0. The van der Waals surface area contributed by atoms with Crippen LogP contribution >= 0.6 is 0 Å². The van der Waals surface area contributed by atoms with Gasteiger partial charge in [0, 0.05) is 13.1 Å². The molecule has 0 unspecified atom stereocenters. The first-order valence-corrected chi connectivity index (χ1v) is 4.29. The fourth-order valence-corrected chi connectivity index (χ4v) is 1.39. The van der Waals surface area contributed by atoms with E-state index in [-0.39, 0.29) is 0 Å². The summed E-state index contributed by atoms with van der Waals surface area (Å²) < 4.78 is 0. The average Bonchev–Trinajstić information content (AvgIpc) is 1.86. The Labute approximate surface area is 63.4 Å². The Hall–Kier alpha value is -0.0800. The summed E-state index contributed by atoms with van der Waals surface area (Å²) in [7, 11) is 0. The zero-order chi connectivity index (χ0) is 7.40. The molecule has 1 heterocycles. The normalized spacial score (nSPS) is 21.0. The van der Waals surface area contributed by atoms with Crippen LogP contribution in [0.3, 0.4) is 0 Å². The van der Waals surface area contributed by atoms with Crippen LogP contribution in [0.15, 0.2) is 0 Å². The predicted octanol–water partition coefficient (Wildman–Crippen LogP) is 0.677. The highest BCUT2D eigenvalue weighted by atomic mass is 15.2. The molecular weight excluding hydrogens is 124 g/mol. The third-order valence-electron chi connectivity index (χ3n) is 2.19. The van der Waals surface area contributed by atoms with E-state index in [0.29, 0.717) is 0 Å². The maximum atomic E-state index is 5.50. The Morgan fingerprint density at radius 2 is 2.20 bits per heavy atom.